The Bertz CT molecular complexity index is 581. The van der Waals surface area contributed by atoms with E-state index in [0.717, 1.165) is 11.1 Å². The van der Waals surface area contributed by atoms with Gasteiger partial charge in [-0.2, -0.15) is 0 Å². The van der Waals surface area contributed by atoms with Gasteiger partial charge in [-0.25, -0.2) is 4.39 Å². The Morgan fingerprint density at radius 2 is 1.95 bits per heavy atom. The molecule has 0 aliphatic rings. The predicted molar refractivity (Wildman–Crippen MR) is 82.3 cm³/mol. The van der Waals surface area contributed by atoms with Crippen LogP contribution in [0.5, 0.6) is 5.75 Å². The fourth-order valence-corrected chi connectivity index (χ4v) is 2.51. The first kappa shape index (κ1) is 15.0. The van der Waals surface area contributed by atoms with E-state index in [1.807, 2.05) is 38.1 Å². The van der Waals surface area contributed by atoms with Crippen LogP contribution in [-0.4, -0.2) is 6.04 Å². The second kappa shape index (κ2) is 6.37. The summed E-state index contributed by atoms with van der Waals surface area (Å²) in [6, 6.07) is 12.2. The third-order valence-electron chi connectivity index (χ3n) is 2.95. The van der Waals surface area contributed by atoms with Crippen molar-refractivity contribution >= 4 is 15.9 Å². The van der Waals surface area contributed by atoms with Gasteiger partial charge >= 0.3 is 0 Å². The fraction of sp³-hybridized carbons (Fsp3) is 0.250. The zero-order valence-electron chi connectivity index (χ0n) is 11.4. The van der Waals surface area contributed by atoms with Gasteiger partial charge in [0, 0.05) is 16.6 Å². The Balaban J connectivity index is 2.30. The van der Waals surface area contributed by atoms with Crippen LogP contribution in [0.4, 0.5) is 4.39 Å². The normalized spacial score (nSPS) is 13.8. The van der Waals surface area contributed by atoms with Crippen molar-refractivity contribution < 1.29 is 9.13 Å². The molecule has 2 aromatic carbocycles. The maximum Gasteiger partial charge on any atom is 0.138 e. The van der Waals surface area contributed by atoms with Crippen LogP contribution in [0.25, 0.3) is 0 Å². The summed E-state index contributed by atoms with van der Waals surface area (Å²) >= 11 is 3.26. The van der Waals surface area contributed by atoms with E-state index in [9.17, 15) is 4.39 Å². The van der Waals surface area contributed by atoms with Gasteiger partial charge in [0.25, 0.3) is 0 Å². The van der Waals surface area contributed by atoms with E-state index in [1.54, 1.807) is 6.07 Å². The van der Waals surface area contributed by atoms with Crippen LogP contribution in [0, 0.1) is 12.7 Å². The molecule has 2 N–H and O–H groups in total. The highest BCUT2D eigenvalue weighted by Gasteiger charge is 2.19. The summed E-state index contributed by atoms with van der Waals surface area (Å²) in [5.41, 5.74) is 8.13. The molecule has 2 atom stereocenters. The molecule has 20 heavy (non-hydrogen) atoms. The van der Waals surface area contributed by atoms with Crippen LogP contribution >= 0.6 is 15.9 Å². The third-order valence-corrected chi connectivity index (χ3v) is 3.41. The maximum atomic E-state index is 13.4. The van der Waals surface area contributed by atoms with E-state index in [-0.39, 0.29) is 18.0 Å². The Labute approximate surface area is 126 Å². The Morgan fingerprint density at radius 3 is 2.55 bits per heavy atom. The van der Waals surface area contributed by atoms with E-state index in [4.69, 9.17) is 10.5 Å². The molecule has 0 aliphatic carbocycles. The van der Waals surface area contributed by atoms with Gasteiger partial charge < -0.3 is 10.5 Å². The molecule has 0 bridgehead atoms. The molecule has 0 fully saturated rings. The molecular weight excluding hydrogens is 321 g/mol. The second-order valence-corrected chi connectivity index (χ2v) is 5.83. The highest BCUT2D eigenvalue weighted by molar-refractivity contribution is 9.10. The minimum absolute atomic E-state index is 0.209. The first-order chi connectivity index (χ1) is 9.45. The molecule has 2 aromatic rings. The molecule has 0 saturated heterocycles. The van der Waals surface area contributed by atoms with Gasteiger partial charge in [-0.1, -0.05) is 45.8 Å². The molecule has 0 spiro atoms. The summed E-state index contributed by atoms with van der Waals surface area (Å²) in [7, 11) is 0. The van der Waals surface area contributed by atoms with Gasteiger partial charge in [-0.05, 0) is 31.5 Å². The third kappa shape index (κ3) is 3.81. The van der Waals surface area contributed by atoms with Crippen LogP contribution in [0.2, 0.25) is 0 Å². The molecule has 0 aromatic heterocycles. The molecule has 0 saturated carbocycles. The molecule has 0 amide bonds. The van der Waals surface area contributed by atoms with E-state index >= 15 is 0 Å². The number of halogens is 2. The Hall–Kier alpha value is -1.39. The van der Waals surface area contributed by atoms with E-state index in [2.05, 4.69) is 15.9 Å². The average molecular weight is 338 g/mol. The number of ether oxygens (including phenoxy) is 1. The van der Waals surface area contributed by atoms with Crippen LogP contribution in [-0.2, 0) is 0 Å². The maximum absolute atomic E-state index is 13.4. The summed E-state index contributed by atoms with van der Waals surface area (Å²) in [6.07, 6.45) is -0.316. The van der Waals surface area contributed by atoms with Crippen LogP contribution in [0.3, 0.4) is 0 Å². The molecule has 2 nitrogen and oxygen atoms in total. The molecular formula is C16H17BrFNO. The van der Waals surface area contributed by atoms with Gasteiger partial charge in [0.05, 0.1) is 0 Å². The van der Waals surface area contributed by atoms with Crippen LogP contribution < -0.4 is 10.5 Å². The Morgan fingerprint density at radius 1 is 1.20 bits per heavy atom. The predicted octanol–water partition coefficient (Wildman–Crippen LogP) is 4.36. The van der Waals surface area contributed by atoms with E-state index in [0.29, 0.717) is 10.2 Å². The van der Waals surface area contributed by atoms with Gasteiger partial charge in [0.1, 0.15) is 17.7 Å². The summed E-state index contributed by atoms with van der Waals surface area (Å²) in [5, 5.41) is 0. The van der Waals surface area contributed by atoms with Crippen LogP contribution in [0.1, 0.15) is 24.2 Å². The summed E-state index contributed by atoms with van der Waals surface area (Å²) in [4.78, 5) is 0. The second-order valence-electron chi connectivity index (χ2n) is 4.92. The van der Waals surface area contributed by atoms with Crippen molar-refractivity contribution in [2.75, 3.05) is 0 Å². The van der Waals surface area contributed by atoms with Crippen molar-refractivity contribution in [2.45, 2.75) is 26.0 Å². The van der Waals surface area contributed by atoms with Crippen molar-refractivity contribution in [3.8, 4) is 5.75 Å². The van der Waals surface area contributed by atoms with Crippen molar-refractivity contribution in [2.24, 2.45) is 5.73 Å². The minimum Gasteiger partial charge on any atom is -0.484 e. The largest absolute Gasteiger partial charge is 0.484 e. The zero-order valence-corrected chi connectivity index (χ0v) is 13.0. The lowest BCUT2D eigenvalue weighted by atomic mass is 10.0. The lowest BCUT2D eigenvalue weighted by Gasteiger charge is -2.23. The lowest BCUT2D eigenvalue weighted by Crippen LogP contribution is -2.29. The lowest BCUT2D eigenvalue weighted by molar-refractivity contribution is 0.179. The van der Waals surface area contributed by atoms with Gasteiger partial charge in [-0.3, -0.25) is 0 Å². The number of benzene rings is 2. The molecule has 2 unspecified atom stereocenters. The number of nitrogens with two attached hydrogens (primary N) is 1. The quantitative estimate of drug-likeness (QED) is 0.899. The molecule has 0 heterocycles. The summed E-state index contributed by atoms with van der Waals surface area (Å²) in [5.74, 6) is 0.114. The fourth-order valence-electron chi connectivity index (χ4n) is 2.07. The SMILES string of the molecule is Cc1cccc(C(Oc2cc(F)cc(Br)c2)C(C)N)c1. The van der Waals surface area contributed by atoms with Crippen molar-refractivity contribution in [1.82, 2.24) is 0 Å². The number of hydrogen-bond acceptors (Lipinski definition) is 2. The zero-order chi connectivity index (χ0) is 14.7. The first-order valence-electron chi connectivity index (χ1n) is 6.40. The summed E-state index contributed by atoms with van der Waals surface area (Å²) < 4.78 is 19.9. The van der Waals surface area contributed by atoms with Crippen molar-refractivity contribution in [3.05, 3.63) is 63.9 Å². The molecule has 2 rings (SSSR count). The van der Waals surface area contributed by atoms with E-state index in [1.165, 1.54) is 12.1 Å². The first-order valence-corrected chi connectivity index (χ1v) is 7.20. The molecule has 0 aliphatic heterocycles. The van der Waals surface area contributed by atoms with Gasteiger partial charge in [0.2, 0.25) is 0 Å². The standard InChI is InChI=1S/C16H17BrFNO/c1-10-4-3-5-12(6-10)16(11(2)19)20-15-8-13(17)7-14(18)9-15/h3-9,11,16H,19H2,1-2H3. The van der Waals surface area contributed by atoms with Crippen LogP contribution in [0.15, 0.2) is 46.9 Å². The van der Waals surface area contributed by atoms with E-state index < -0.39 is 0 Å². The van der Waals surface area contributed by atoms with Crippen molar-refractivity contribution in [3.63, 3.8) is 0 Å². The minimum atomic E-state index is -0.345. The highest BCUT2D eigenvalue weighted by atomic mass is 79.9. The topological polar surface area (TPSA) is 35.2 Å². The monoisotopic (exact) mass is 337 g/mol. The molecule has 4 heteroatoms. The summed E-state index contributed by atoms with van der Waals surface area (Å²) in [6.45, 7) is 3.89. The Kier molecular flexibility index (Phi) is 4.78. The number of aryl methyl sites for hydroxylation is 1. The highest BCUT2D eigenvalue weighted by Crippen LogP contribution is 2.27. The van der Waals surface area contributed by atoms with Gasteiger partial charge in [0.15, 0.2) is 0 Å². The average Bonchev–Trinajstić information content (AvgIpc) is 2.34. The van der Waals surface area contributed by atoms with Crippen molar-refractivity contribution in [1.29, 1.82) is 0 Å². The van der Waals surface area contributed by atoms with Gasteiger partial charge in [-0.15, -0.1) is 0 Å². The number of hydrogen-bond donors (Lipinski definition) is 1. The number of rotatable bonds is 4. The smallest absolute Gasteiger partial charge is 0.138 e. The molecule has 106 valence electrons. The molecule has 0 radical (unpaired) electrons.